The Hall–Kier alpha value is -3.55. The summed E-state index contributed by atoms with van der Waals surface area (Å²) >= 11 is 0. The summed E-state index contributed by atoms with van der Waals surface area (Å²) in [5.74, 6) is -0.542. The third-order valence-electron chi connectivity index (χ3n) is 3.94. The lowest BCUT2D eigenvalue weighted by Crippen LogP contribution is -2.17. The molecule has 3 aromatic rings. The second-order valence-corrected chi connectivity index (χ2v) is 5.77. The number of hydrogen-bond donors (Lipinski definition) is 1. The van der Waals surface area contributed by atoms with Gasteiger partial charge in [0.05, 0.1) is 21.4 Å². The van der Waals surface area contributed by atoms with Crippen molar-refractivity contribution >= 4 is 22.6 Å². The summed E-state index contributed by atoms with van der Waals surface area (Å²) in [5, 5.41) is 11.4. The quantitative estimate of drug-likeness (QED) is 0.438. The maximum Gasteiger partial charge on any atom is 0.339 e. The summed E-state index contributed by atoms with van der Waals surface area (Å²) in [5.41, 5.74) is 0.487. The lowest BCUT2D eigenvalue weighted by atomic mass is 10.1. The standard InChI is InChI=1S/C18H15N3O5/c1-10-7-8-12(9-15(10)21(24)25)18(23)26-11(2)16-19-14-6-4-3-5-13(14)17(22)20-16/h3-9,11H,1-2H3,(H,19,20,22)/t11-/m1/s1. The summed E-state index contributed by atoms with van der Waals surface area (Å²) in [4.78, 5) is 41.7. The number of nitro benzene ring substituents is 1. The zero-order chi connectivity index (χ0) is 18.8. The number of H-pyrrole nitrogens is 1. The summed E-state index contributed by atoms with van der Waals surface area (Å²) in [7, 11) is 0. The Morgan fingerprint density at radius 3 is 2.73 bits per heavy atom. The molecule has 0 fully saturated rings. The summed E-state index contributed by atoms with van der Waals surface area (Å²) in [6, 6.07) is 10.9. The van der Waals surface area contributed by atoms with E-state index in [1.165, 1.54) is 18.2 Å². The second kappa shape index (κ2) is 6.75. The first-order chi connectivity index (χ1) is 12.4. The van der Waals surface area contributed by atoms with E-state index in [4.69, 9.17) is 4.74 Å². The molecule has 0 aliphatic rings. The van der Waals surface area contributed by atoms with Gasteiger partial charge in [0.2, 0.25) is 0 Å². The van der Waals surface area contributed by atoms with Gasteiger partial charge in [0.1, 0.15) is 0 Å². The van der Waals surface area contributed by atoms with Crippen LogP contribution < -0.4 is 5.56 Å². The number of carbonyl (C=O) groups is 1. The zero-order valence-electron chi connectivity index (χ0n) is 14.1. The van der Waals surface area contributed by atoms with E-state index in [2.05, 4.69) is 9.97 Å². The van der Waals surface area contributed by atoms with E-state index in [9.17, 15) is 19.7 Å². The topological polar surface area (TPSA) is 115 Å². The number of aromatic amines is 1. The van der Waals surface area contributed by atoms with Crippen molar-refractivity contribution in [1.82, 2.24) is 9.97 Å². The Labute approximate surface area is 147 Å². The van der Waals surface area contributed by atoms with Crippen LogP contribution in [0.3, 0.4) is 0 Å². The number of ether oxygens (including phenoxy) is 1. The molecular weight excluding hydrogens is 338 g/mol. The number of esters is 1. The van der Waals surface area contributed by atoms with E-state index in [-0.39, 0.29) is 22.6 Å². The molecule has 0 saturated heterocycles. The number of rotatable bonds is 4. The highest BCUT2D eigenvalue weighted by Gasteiger charge is 2.20. The van der Waals surface area contributed by atoms with Crippen molar-refractivity contribution in [2.24, 2.45) is 0 Å². The van der Waals surface area contributed by atoms with Gasteiger partial charge in [0.15, 0.2) is 11.9 Å². The molecule has 8 nitrogen and oxygen atoms in total. The monoisotopic (exact) mass is 353 g/mol. The van der Waals surface area contributed by atoms with E-state index < -0.39 is 17.0 Å². The van der Waals surface area contributed by atoms with E-state index in [0.29, 0.717) is 16.5 Å². The molecule has 0 radical (unpaired) electrons. The number of benzene rings is 2. The predicted octanol–water partition coefficient (Wildman–Crippen LogP) is 3.06. The molecular formula is C18H15N3O5. The molecule has 132 valence electrons. The van der Waals surface area contributed by atoms with Gasteiger partial charge >= 0.3 is 5.97 Å². The molecule has 26 heavy (non-hydrogen) atoms. The Morgan fingerprint density at radius 1 is 1.27 bits per heavy atom. The number of aryl methyl sites for hydroxylation is 1. The van der Waals surface area contributed by atoms with Gasteiger partial charge in [-0.15, -0.1) is 0 Å². The molecule has 0 amide bonds. The number of nitro groups is 1. The van der Waals surface area contributed by atoms with E-state index >= 15 is 0 Å². The highest BCUT2D eigenvalue weighted by molar-refractivity contribution is 5.90. The number of nitrogens with zero attached hydrogens (tertiary/aromatic N) is 2. The normalized spacial score (nSPS) is 11.9. The van der Waals surface area contributed by atoms with Crippen molar-refractivity contribution in [3.05, 3.63) is 79.9 Å². The maximum absolute atomic E-state index is 12.3. The van der Waals surface area contributed by atoms with Gasteiger partial charge in [-0.05, 0) is 32.0 Å². The van der Waals surface area contributed by atoms with Crippen LogP contribution in [-0.4, -0.2) is 20.9 Å². The summed E-state index contributed by atoms with van der Waals surface area (Å²) in [6.07, 6.45) is -0.833. The fourth-order valence-corrected chi connectivity index (χ4v) is 2.51. The van der Waals surface area contributed by atoms with Gasteiger partial charge in [-0.3, -0.25) is 14.9 Å². The molecule has 0 saturated carbocycles. The second-order valence-electron chi connectivity index (χ2n) is 5.77. The highest BCUT2D eigenvalue weighted by atomic mass is 16.6. The third kappa shape index (κ3) is 3.30. The predicted molar refractivity (Wildman–Crippen MR) is 94.0 cm³/mol. The van der Waals surface area contributed by atoms with Crippen LogP contribution in [0.1, 0.15) is 34.8 Å². The van der Waals surface area contributed by atoms with E-state index in [1.807, 2.05) is 0 Å². The van der Waals surface area contributed by atoms with Crippen LogP contribution in [0.15, 0.2) is 47.3 Å². The molecule has 0 aliphatic heterocycles. The van der Waals surface area contributed by atoms with Crippen LogP contribution in [0.2, 0.25) is 0 Å². The van der Waals surface area contributed by atoms with Crippen LogP contribution >= 0.6 is 0 Å². The molecule has 3 rings (SSSR count). The van der Waals surface area contributed by atoms with Crippen LogP contribution in [0.5, 0.6) is 0 Å². The average Bonchev–Trinajstić information content (AvgIpc) is 2.61. The Bertz CT molecular complexity index is 1070. The molecule has 2 aromatic carbocycles. The molecule has 8 heteroatoms. The molecule has 1 N–H and O–H groups in total. The van der Waals surface area contributed by atoms with Gasteiger partial charge in [-0.25, -0.2) is 9.78 Å². The first-order valence-electron chi connectivity index (χ1n) is 7.82. The van der Waals surface area contributed by atoms with Gasteiger partial charge in [-0.2, -0.15) is 0 Å². The minimum Gasteiger partial charge on any atom is -0.451 e. The van der Waals surface area contributed by atoms with Crippen LogP contribution in [0, 0.1) is 17.0 Å². The van der Waals surface area contributed by atoms with Gasteiger partial charge in [0, 0.05) is 11.6 Å². The van der Waals surface area contributed by atoms with E-state index in [0.717, 1.165) is 0 Å². The fourth-order valence-electron chi connectivity index (χ4n) is 2.51. The molecule has 1 aromatic heterocycles. The molecule has 0 spiro atoms. The lowest BCUT2D eigenvalue weighted by molar-refractivity contribution is -0.385. The Morgan fingerprint density at radius 2 is 2.00 bits per heavy atom. The first-order valence-corrected chi connectivity index (χ1v) is 7.82. The van der Waals surface area contributed by atoms with E-state index in [1.54, 1.807) is 38.1 Å². The molecule has 0 bridgehead atoms. The number of hydrogen-bond acceptors (Lipinski definition) is 6. The minimum absolute atomic E-state index is 0.0530. The third-order valence-corrected chi connectivity index (χ3v) is 3.94. The SMILES string of the molecule is Cc1ccc(C(=O)O[C@H](C)c2nc3ccccc3c(=O)[nH]2)cc1[N+](=O)[O-]. The minimum atomic E-state index is -0.833. The van der Waals surface area contributed by atoms with Gasteiger partial charge in [-0.1, -0.05) is 18.2 Å². The fraction of sp³-hybridized carbons (Fsp3) is 0.167. The van der Waals surface area contributed by atoms with Crippen LogP contribution in [0.25, 0.3) is 10.9 Å². The number of aromatic nitrogens is 2. The number of fused-ring (bicyclic) bond motifs is 1. The van der Waals surface area contributed by atoms with Gasteiger partial charge in [0.25, 0.3) is 11.2 Å². The maximum atomic E-state index is 12.3. The highest BCUT2D eigenvalue weighted by Crippen LogP contribution is 2.22. The lowest BCUT2D eigenvalue weighted by Gasteiger charge is -2.13. The largest absolute Gasteiger partial charge is 0.451 e. The van der Waals surface area contributed by atoms with Gasteiger partial charge < -0.3 is 9.72 Å². The Balaban J connectivity index is 1.87. The van der Waals surface area contributed by atoms with Crippen molar-refractivity contribution < 1.29 is 14.5 Å². The zero-order valence-corrected chi connectivity index (χ0v) is 14.1. The molecule has 1 heterocycles. The summed E-state index contributed by atoms with van der Waals surface area (Å²) in [6.45, 7) is 3.15. The summed E-state index contributed by atoms with van der Waals surface area (Å²) < 4.78 is 5.31. The van der Waals surface area contributed by atoms with Crippen LogP contribution in [-0.2, 0) is 4.74 Å². The molecule has 0 aliphatic carbocycles. The molecule has 1 atom stereocenters. The van der Waals surface area contributed by atoms with Crippen molar-refractivity contribution in [2.45, 2.75) is 20.0 Å². The number of carbonyl (C=O) groups excluding carboxylic acids is 1. The van der Waals surface area contributed by atoms with Crippen LogP contribution in [0.4, 0.5) is 5.69 Å². The van der Waals surface area contributed by atoms with Crippen molar-refractivity contribution in [2.75, 3.05) is 0 Å². The van der Waals surface area contributed by atoms with Crippen molar-refractivity contribution in [3.63, 3.8) is 0 Å². The number of para-hydroxylation sites is 1. The Kier molecular flexibility index (Phi) is 4.49. The van der Waals surface area contributed by atoms with Crippen molar-refractivity contribution in [3.8, 4) is 0 Å². The average molecular weight is 353 g/mol. The molecule has 0 unspecified atom stereocenters. The smallest absolute Gasteiger partial charge is 0.339 e. The van der Waals surface area contributed by atoms with Crippen molar-refractivity contribution in [1.29, 1.82) is 0 Å². The first kappa shape index (κ1) is 17.3. The number of nitrogens with one attached hydrogen (secondary N) is 1.